The van der Waals surface area contributed by atoms with Crippen LogP contribution in [0.25, 0.3) is 22.3 Å². The van der Waals surface area contributed by atoms with Crippen LogP contribution in [0, 0.1) is 33.1 Å². The summed E-state index contributed by atoms with van der Waals surface area (Å²) >= 11 is 0. The first-order chi connectivity index (χ1) is 14.4. The highest BCUT2D eigenvalue weighted by Gasteiger charge is 2.19. The number of nitro benzene ring substituents is 1. The zero-order valence-electron chi connectivity index (χ0n) is 15.1. The number of fused-ring (bicyclic) bond motifs is 1. The molecule has 0 saturated heterocycles. The van der Waals surface area contributed by atoms with Crippen LogP contribution < -0.4 is 5.73 Å². The molecule has 0 saturated carbocycles. The minimum atomic E-state index is -0.775. The number of rotatable bonds is 4. The van der Waals surface area contributed by atoms with Crippen LogP contribution in [0.2, 0.25) is 0 Å². The normalized spacial score (nSPS) is 10.8. The van der Waals surface area contributed by atoms with Gasteiger partial charge in [-0.15, -0.1) is 0 Å². The van der Waals surface area contributed by atoms with Crippen molar-refractivity contribution in [1.29, 1.82) is 5.26 Å². The lowest BCUT2D eigenvalue weighted by Gasteiger charge is -2.08. The van der Waals surface area contributed by atoms with E-state index in [0.29, 0.717) is 5.39 Å². The molecular formula is C19H11F2N7O2. The first-order valence-electron chi connectivity index (χ1n) is 8.50. The van der Waals surface area contributed by atoms with Crippen LogP contribution >= 0.6 is 0 Å². The Morgan fingerprint density at radius 2 is 2.03 bits per heavy atom. The highest BCUT2D eigenvalue weighted by Crippen LogP contribution is 2.30. The van der Waals surface area contributed by atoms with Crippen LogP contribution in [0.15, 0.2) is 42.6 Å². The Bertz CT molecular complexity index is 1360. The van der Waals surface area contributed by atoms with Gasteiger partial charge in [-0.1, -0.05) is 6.07 Å². The molecule has 148 valence electrons. The Morgan fingerprint density at radius 1 is 1.23 bits per heavy atom. The number of hydrogen-bond donors (Lipinski definition) is 1. The third kappa shape index (κ3) is 3.16. The Hall–Kier alpha value is -4.46. The van der Waals surface area contributed by atoms with Gasteiger partial charge in [0.2, 0.25) is 5.95 Å². The number of nitrogen functional groups attached to an aromatic ring is 1. The molecule has 0 spiro atoms. The number of nitrogens with zero attached hydrogens (tertiary/aromatic N) is 6. The summed E-state index contributed by atoms with van der Waals surface area (Å²) in [5.41, 5.74) is 5.81. The molecule has 9 nitrogen and oxygen atoms in total. The number of nitriles is 1. The minimum Gasteiger partial charge on any atom is -0.368 e. The largest absolute Gasteiger partial charge is 0.368 e. The molecule has 0 fully saturated rings. The Balaban J connectivity index is 1.83. The smallest absolute Gasteiger partial charge is 0.272 e. The van der Waals surface area contributed by atoms with Crippen LogP contribution in [0.3, 0.4) is 0 Å². The van der Waals surface area contributed by atoms with Gasteiger partial charge in [0, 0.05) is 17.2 Å². The van der Waals surface area contributed by atoms with Gasteiger partial charge in [-0.25, -0.2) is 18.4 Å². The van der Waals surface area contributed by atoms with E-state index in [1.165, 1.54) is 41.2 Å². The molecule has 0 aliphatic carbocycles. The third-order valence-electron chi connectivity index (χ3n) is 4.46. The summed E-state index contributed by atoms with van der Waals surface area (Å²) in [6.07, 6.45) is 1.38. The molecule has 4 rings (SSSR count). The standard InChI is InChI=1S/C19H11F2N7O2/c20-15-6-12(28(29)30)5-4-11(15)9-27-18-14(8-24-27)17(25-19(23)26-18)13-3-1-2-10(7-22)16(13)21/h1-6,8H,9H2,(H2,23,25,26). The summed E-state index contributed by atoms with van der Waals surface area (Å²) in [6, 6.07) is 9.34. The van der Waals surface area contributed by atoms with E-state index < -0.39 is 16.6 Å². The van der Waals surface area contributed by atoms with Crippen molar-refractivity contribution in [2.45, 2.75) is 6.54 Å². The monoisotopic (exact) mass is 407 g/mol. The fourth-order valence-electron chi connectivity index (χ4n) is 3.03. The van der Waals surface area contributed by atoms with E-state index in [4.69, 9.17) is 11.0 Å². The minimum absolute atomic E-state index is 0.0502. The molecule has 0 aliphatic heterocycles. The average molecular weight is 407 g/mol. The second kappa shape index (κ2) is 7.17. The molecule has 30 heavy (non-hydrogen) atoms. The van der Waals surface area contributed by atoms with Crippen molar-refractivity contribution in [3.63, 3.8) is 0 Å². The van der Waals surface area contributed by atoms with Gasteiger partial charge in [0.1, 0.15) is 17.7 Å². The van der Waals surface area contributed by atoms with E-state index in [-0.39, 0.29) is 46.2 Å². The first kappa shape index (κ1) is 18.9. The molecule has 0 aliphatic rings. The Morgan fingerprint density at radius 3 is 2.73 bits per heavy atom. The zero-order chi connectivity index (χ0) is 21.4. The molecule has 2 aromatic carbocycles. The topological polar surface area (TPSA) is 137 Å². The summed E-state index contributed by atoms with van der Waals surface area (Å²) in [4.78, 5) is 18.3. The van der Waals surface area contributed by atoms with Crippen molar-refractivity contribution in [2.75, 3.05) is 5.73 Å². The molecule has 2 heterocycles. The predicted octanol–water partition coefficient (Wildman–Crippen LogP) is 3.18. The van der Waals surface area contributed by atoms with Gasteiger partial charge < -0.3 is 5.73 Å². The van der Waals surface area contributed by atoms with E-state index in [1.54, 1.807) is 6.07 Å². The highest BCUT2D eigenvalue weighted by molar-refractivity contribution is 5.91. The van der Waals surface area contributed by atoms with E-state index >= 15 is 0 Å². The molecule has 0 amide bonds. The first-order valence-corrected chi connectivity index (χ1v) is 8.50. The summed E-state index contributed by atoms with van der Waals surface area (Å²) < 4.78 is 30.3. The van der Waals surface area contributed by atoms with Gasteiger partial charge >= 0.3 is 0 Å². The SMILES string of the molecule is N#Cc1cccc(-c2nc(N)nc3c2cnn3Cc2ccc([N+](=O)[O-])cc2F)c1F. The molecule has 0 bridgehead atoms. The van der Waals surface area contributed by atoms with Gasteiger partial charge in [0.25, 0.3) is 5.69 Å². The zero-order valence-corrected chi connectivity index (χ0v) is 15.1. The van der Waals surface area contributed by atoms with Crippen molar-refractivity contribution in [3.8, 4) is 17.3 Å². The van der Waals surface area contributed by atoms with Crippen LogP contribution in [-0.4, -0.2) is 24.7 Å². The molecule has 0 unspecified atom stereocenters. The number of hydrogen-bond acceptors (Lipinski definition) is 7. The van der Waals surface area contributed by atoms with Crippen molar-refractivity contribution in [1.82, 2.24) is 19.7 Å². The fourth-order valence-corrected chi connectivity index (χ4v) is 3.03. The second-order valence-electron chi connectivity index (χ2n) is 6.28. The molecular weight excluding hydrogens is 396 g/mol. The number of aromatic nitrogens is 4. The number of anilines is 1. The lowest BCUT2D eigenvalue weighted by atomic mass is 10.1. The van der Waals surface area contributed by atoms with Gasteiger partial charge in [0.15, 0.2) is 5.65 Å². The van der Waals surface area contributed by atoms with Crippen molar-refractivity contribution < 1.29 is 13.7 Å². The summed E-state index contributed by atoms with van der Waals surface area (Å²) in [6.45, 7) is -0.0933. The molecule has 2 aromatic heterocycles. The van der Waals surface area contributed by atoms with Gasteiger partial charge in [-0.05, 0) is 18.2 Å². The lowest BCUT2D eigenvalue weighted by molar-refractivity contribution is -0.385. The second-order valence-corrected chi connectivity index (χ2v) is 6.28. The Labute approximate surface area is 167 Å². The third-order valence-corrected chi connectivity index (χ3v) is 4.46. The number of benzene rings is 2. The number of halogens is 2. The summed E-state index contributed by atoms with van der Waals surface area (Å²) in [7, 11) is 0. The number of nitrogens with two attached hydrogens (primary N) is 1. The lowest BCUT2D eigenvalue weighted by Crippen LogP contribution is -2.07. The van der Waals surface area contributed by atoms with Crippen LogP contribution in [0.4, 0.5) is 20.4 Å². The van der Waals surface area contributed by atoms with Gasteiger partial charge in [-0.3, -0.25) is 10.1 Å². The van der Waals surface area contributed by atoms with E-state index in [1.807, 2.05) is 0 Å². The van der Waals surface area contributed by atoms with Crippen LogP contribution in [0.1, 0.15) is 11.1 Å². The van der Waals surface area contributed by atoms with E-state index in [9.17, 15) is 18.9 Å². The fraction of sp³-hybridized carbons (Fsp3) is 0.0526. The maximum atomic E-state index is 14.7. The molecule has 11 heteroatoms. The highest BCUT2D eigenvalue weighted by atomic mass is 19.1. The molecule has 0 radical (unpaired) electrons. The molecule has 2 N–H and O–H groups in total. The average Bonchev–Trinajstić information content (AvgIpc) is 3.11. The molecule has 4 aromatic rings. The number of non-ortho nitro benzene ring substituents is 1. The van der Waals surface area contributed by atoms with E-state index in [0.717, 1.165) is 6.07 Å². The van der Waals surface area contributed by atoms with Gasteiger partial charge in [-0.2, -0.15) is 15.3 Å². The Kier molecular flexibility index (Phi) is 4.51. The van der Waals surface area contributed by atoms with Crippen molar-refractivity contribution in [3.05, 3.63) is 75.5 Å². The van der Waals surface area contributed by atoms with Crippen LogP contribution in [0.5, 0.6) is 0 Å². The summed E-state index contributed by atoms with van der Waals surface area (Å²) in [5, 5.41) is 24.4. The van der Waals surface area contributed by atoms with Gasteiger partial charge in [0.05, 0.1) is 40.4 Å². The van der Waals surface area contributed by atoms with Crippen molar-refractivity contribution in [2.24, 2.45) is 0 Å². The van der Waals surface area contributed by atoms with Crippen molar-refractivity contribution >= 4 is 22.7 Å². The quantitative estimate of drug-likeness (QED) is 0.405. The maximum absolute atomic E-state index is 14.7. The molecule has 0 atom stereocenters. The van der Waals surface area contributed by atoms with E-state index in [2.05, 4.69) is 15.1 Å². The predicted molar refractivity (Wildman–Crippen MR) is 102 cm³/mol. The van der Waals surface area contributed by atoms with Crippen LogP contribution in [-0.2, 0) is 6.54 Å². The summed E-state index contributed by atoms with van der Waals surface area (Å²) in [5.74, 6) is -1.69. The number of nitro groups is 1. The maximum Gasteiger partial charge on any atom is 0.272 e.